The summed E-state index contributed by atoms with van der Waals surface area (Å²) in [6.45, 7) is 5.16. The molecule has 0 aliphatic rings. The lowest BCUT2D eigenvalue weighted by Crippen LogP contribution is -2.25. The van der Waals surface area contributed by atoms with Crippen molar-refractivity contribution in [3.63, 3.8) is 0 Å². The first kappa shape index (κ1) is 14.0. The lowest BCUT2D eigenvalue weighted by atomic mass is 10.0. The monoisotopic (exact) mass is 266 g/mol. The Bertz CT molecular complexity index is 530. The molecular weight excluding hydrogens is 253 g/mol. The standard InChI is InChI=1S/C11H13F3O2S/c1-7-4-9(3)10(5-8(7)2)6-17(15,16)11(12,13)14/h4-5H,6H2,1-3H3. The maximum absolute atomic E-state index is 12.2. The molecule has 0 radical (unpaired) electrons. The predicted octanol–water partition coefficient (Wildman–Crippen LogP) is 3.05. The van der Waals surface area contributed by atoms with Crippen molar-refractivity contribution in [2.75, 3.05) is 0 Å². The van der Waals surface area contributed by atoms with Crippen LogP contribution in [0.2, 0.25) is 0 Å². The van der Waals surface area contributed by atoms with Gasteiger partial charge in [0.1, 0.15) is 0 Å². The van der Waals surface area contributed by atoms with E-state index in [4.69, 9.17) is 0 Å². The number of halogens is 3. The fourth-order valence-corrected chi connectivity index (χ4v) is 2.35. The van der Waals surface area contributed by atoms with Gasteiger partial charge in [0, 0.05) is 0 Å². The van der Waals surface area contributed by atoms with Crippen LogP contribution in [0.5, 0.6) is 0 Å². The first-order chi connectivity index (χ1) is 7.54. The van der Waals surface area contributed by atoms with Gasteiger partial charge in [0.05, 0.1) is 5.75 Å². The zero-order chi connectivity index (χ0) is 13.4. The molecule has 0 atom stereocenters. The Morgan fingerprint density at radius 2 is 1.47 bits per heavy atom. The highest BCUT2D eigenvalue weighted by atomic mass is 32.2. The van der Waals surface area contributed by atoms with Gasteiger partial charge in [-0.2, -0.15) is 13.2 Å². The minimum absolute atomic E-state index is 0.199. The summed E-state index contributed by atoms with van der Waals surface area (Å²) in [7, 11) is -5.10. The van der Waals surface area contributed by atoms with Crippen molar-refractivity contribution in [1.29, 1.82) is 0 Å². The normalized spacial score (nSPS) is 12.8. The predicted molar refractivity (Wildman–Crippen MR) is 59.3 cm³/mol. The Morgan fingerprint density at radius 3 is 1.94 bits per heavy atom. The number of sulfone groups is 1. The molecule has 0 bridgehead atoms. The summed E-state index contributed by atoms with van der Waals surface area (Å²) in [6, 6.07) is 3.19. The molecule has 2 nitrogen and oxygen atoms in total. The van der Waals surface area contributed by atoms with Gasteiger partial charge in [0.2, 0.25) is 0 Å². The van der Waals surface area contributed by atoms with E-state index in [1.54, 1.807) is 19.9 Å². The van der Waals surface area contributed by atoms with Crippen LogP contribution in [-0.4, -0.2) is 13.9 Å². The molecule has 0 N–H and O–H groups in total. The summed E-state index contributed by atoms with van der Waals surface area (Å²) < 4.78 is 58.8. The van der Waals surface area contributed by atoms with Gasteiger partial charge in [-0.05, 0) is 43.0 Å². The number of hydrogen-bond acceptors (Lipinski definition) is 2. The Labute approximate surface area is 98.4 Å². The molecule has 0 aromatic heterocycles. The first-order valence-electron chi connectivity index (χ1n) is 4.90. The fraction of sp³-hybridized carbons (Fsp3) is 0.455. The van der Waals surface area contributed by atoms with Gasteiger partial charge in [-0.15, -0.1) is 0 Å². The van der Waals surface area contributed by atoms with E-state index < -0.39 is 21.1 Å². The molecule has 6 heteroatoms. The number of aryl methyl sites for hydroxylation is 3. The Kier molecular flexibility index (Phi) is 3.57. The highest BCUT2D eigenvalue weighted by molar-refractivity contribution is 7.91. The van der Waals surface area contributed by atoms with Crippen molar-refractivity contribution in [1.82, 2.24) is 0 Å². The molecule has 0 aliphatic carbocycles. The van der Waals surface area contributed by atoms with Gasteiger partial charge in [-0.3, -0.25) is 0 Å². The van der Waals surface area contributed by atoms with Gasteiger partial charge in [0.15, 0.2) is 0 Å². The second-order valence-electron chi connectivity index (χ2n) is 4.07. The fourth-order valence-electron chi connectivity index (χ4n) is 1.46. The van der Waals surface area contributed by atoms with Crippen LogP contribution in [0.15, 0.2) is 12.1 Å². The van der Waals surface area contributed by atoms with Crippen LogP contribution in [0.4, 0.5) is 13.2 Å². The van der Waals surface area contributed by atoms with E-state index in [9.17, 15) is 21.6 Å². The molecular formula is C11H13F3O2S. The van der Waals surface area contributed by atoms with E-state index in [0.717, 1.165) is 11.1 Å². The maximum atomic E-state index is 12.2. The minimum Gasteiger partial charge on any atom is -0.219 e. The Morgan fingerprint density at radius 1 is 1.00 bits per heavy atom. The van der Waals surface area contributed by atoms with E-state index in [1.165, 1.54) is 6.07 Å². The molecule has 17 heavy (non-hydrogen) atoms. The zero-order valence-corrected chi connectivity index (χ0v) is 10.5. The van der Waals surface area contributed by atoms with E-state index in [-0.39, 0.29) is 5.56 Å². The van der Waals surface area contributed by atoms with Crippen molar-refractivity contribution < 1.29 is 21.6 Å². The van der Waals surface area contributed by atoms with Gasteiger partial charge in [-0.1, -0.05) is 12.1 Å². The number of rotatable bonds is 2. The lowest BCUT2D eigenvalue weighted by Gasteiger charge is -2.12. The topological polar surface area (TPSA) is 34.1 Å². The number of benzene rings is 1. The number of alkyl halides is 3. The molecule has 1 aromatic carbocycles. The average molecular weight is 266 g/mol. The Balaban J connectivity index is 3.18. The summed E-state index contributed by atoms with van der Waals surface area (Å²) in [5, 5.41) is 0. The van der Waals surface area contributed by atoms with Gasteiger partial charge in [-0.25, -0.2) is 8.42 Å². The van der Waals surface area contributed by atoms with E-state index in [1.807, 2.05) is 6.92 Å². The van der Waals surface area contributed by atoms with Crippen LogP contribution >= 0.6 is 0 Å². The second kappa shape index (κ2) is 4.33. The molecule has 0 amide bonds. The first-order valence-corrected chi connectivity index (χ1v) is 6.55. The third kappa shape index (κ3) is 3.00. The highest BCUT2D eigenvalue weighted by Gasteiger charge is 2.45. The molecule has 1 rings (SSSR count). The molecule has 0 saturated carbocycles. The maximum Gasteiger partial charge on any atom is 0.497 e. The van der Waals surface area contributed by atoms with E-state index in [0.29, 0.717) is 5.56 Å². The minimum atomic E-state index is -5.20. The second-order valence-corrected chi connectivity index (χ2v) is 6.05. The Hall–Kier alpha value is -1.04. The van der Waals surface area contributed by atoms with Crippen LogP contribution in [0, 0.1) is 20.8 Å². The smallest absolute Gasteiger partial charge is 0.219 e. The summed E-state index contributed by atoms with van der Waals surface area (Å²) in [6.07, 6.45) is 0. The number of hydrogen-bond donors (Lipinski definition) is 0. The van der Waals surface area contributed by atoms with Crippen LogP contribution in [0.1, 0.15) is 22.3 Å². The summed E-state index contributed by atoms with van der Waals surface area (Å²) >= 11 is 0. The van der Waals surface area contributed by atoms with Crippen molar-refractivity contribution >= 4 is 9.84 Å². The van der Waals surface area contributed by atoms with Gasteiger partial charge >= 0.3 is 5.51 Å². The quantitative estimate of drug-likeness (QED) is 0.824. The molecule has 0 saturated heterocycles. The summed E-state index contributed by atoms with van der Waals surface area (Å²) in [4.78, 5) is 0. The van der Waals surface area contributed by atoms with Crippen molar-refractivity contribution in [3.8, 4) is 0 Å². The van der Waals surface area contributed by atoms with Crippen LogP contribution in [-0.2, 0) is 15.6 Å². The molecule has 0 heterocycles. The zero-order valence-electron chi connectivity index (χ0n) is 9.72. The SMILES string of the molecule is Cc1cc(C)c(CS(=O)(=O)C(F)(F)F)cc1C. The van der Waals surface area contributed by atoms with Crippen LogP contribution in [0.3, 0.4) is 0 Å². The summed E-state index contributed by atoms with van der Waals surface area (Å²) in [5.74, 6) is -0.997. The van der Waals surface area contributed by atoms with Crippen molar-refractivity contribution in [2.24, 2.45) is 0 Å². The lowest BCUT2D eigenvalue weighted by molar-refractivity contribution is -0.0437. The van der Waals surface area contributed by atoms with E-state index >= 15 is 0 Å². The van der Waals surface area contributed by atoms with E-state index in [2.05, 4.69) is 0 Å². The summed E-state index contributed by atoms with van der Waals surface area (Å²) in [5.41, 5.74) is -2.73. The molecule has 0 fully saturated rings. The van der Waals surface area contributed by atoms with Gasteiger partial charge in [0.25, 0.3) is 9.84 Å². The molecule has 0 spiro atoms. The molecule has 0 unspecified atom stereocenters. The molecule has 1 aromatic rings. The third-order valence-electron chi connectivity index (χ3n) is 2.65. The van der Waals surface area contributed by atoms with Gasteiger partial charge < -0.3 is 0 Å². The van der Waals surface area contributed by atoms with Crippen LogP contribution in [0.25, 0.3) is 0 Å². The van der Waals surface area contributed by atoms with Crippen molar-refractivity contribution in [2.45, 2.75) is 32.0 Å². The average Bonchev–Trinajstić information content (AvgIpc) is 2.12. The highest BCUT2D eigenvalue weighted by Crippen LogP contribution is 2.28. The molecule has 0 aliphatic heterocycles. The largest absolute Gasteiger partial charge is 0.497 e. The third-order valence-corrected chi connectivity index (χ3v) is 4.05. The van der Waals surface area contributed by atoms with Crippen molar-refractivity contribution in [3.05, 3.63) is 34.4 Å². The van der Waals surface area contributed by atoms with Crippen LogP contribution < -0.4 is 0 Å². The molecule has 96 valence electrons.